The molecule has 1 heterocycles. The first-order valence-corrected chi connectivity index (χ1v) is 5.13. The summed E-state index contributed by atoms with van der Waals surface area (Å²) in [5, 5.41) is 0. The lowest BCUT2D eigenvalue weighted by Crippen LogP contribution is -2.13. The molecule has 1 aromatic carbocycles. The number of benzene rings is 1. The quantitative estimate of drug-likeness (QED) is 0.552. The summed E-state index contributed by atoms with van der Waals surface area (Å²) in [5.41, 5.74) is 1.81. The summed E-state index contributed by atoms with van der Waals surface area (Å²) in [4.78, 5) is 10.8. The largest absolute Gasteiger partial charge is 0.298 e. The number of carbonyl (C=O) groups is 1. The normalized spacial score (nSPS) is 22.5. The van der Waals surface area contributed by atoms with E-state index in [-0.39, 0.29) is 6.04 Å². The Morgan fingerprint density at radius 1 is 1.43 bits per heavy atom. The van der Waals surface area contributed by atoms with Gasteiger partial charge >= 0.3 is 0 Å². The van der Waals surface area contributed by atoms with Crippen LogP contribution in [0.5, 0.6) is 0 Å². The van der Waals surface area contributed by atoms with Crippen LogP contribution in [0.15, 0.2) is 24.3 Å². The Hall–Kier alpha value is -0.860. The molecule has 0 amide bonds. The molecule has 1 atom stereocenters. The summed E-state index contributed by atoms with van der Waals surface area (Å²) in [6.45, 7) is 0.902. The Bertz CT molecular complexity index is 340. The van der Waals surface area contributed by atoms with Crippen LogP contribution < -0.4 is 0 Å². The number of rotatable bonds is 2. The van der Waals surface area contributed by atoms with E-state index in [1.807, 2.05) is 24.3 Å². The molecule has 0 bridgehead atoms. The van der Waals surface area contributed by atoms with Crippen LogP contribution in [-0.4, -0.2) is 17.2 Å². The Labute approximate surface area is 88.6 Å². The fraction of sp³-hybridized carbons (Fsp3) is 0.364. The lowest BCUT2D eigenvalue weighted by atomic mass is 10.00. The Kier molecular flexibility index (Phi) is 2.85. The molecule has 1 aromatic rings. The van der Waals surface area contributed by atoms with Gasteiger partial charge in [0, 0.05) is 12.1 Å². The maximum atomic E-state index is 10.8. The smallest absolute Gasteiger partial charge is 0.150 e. The molecule has 0 aromatic heterocycles. The molecule has 0 radical (unpaired) electrons. The molecule has 74 valence electrons. The number of halogens is 1. The van der Waals surface area contributed by atoms with Crippen molar-refractivity contribution in [3.05, 3.63) is 35.4 Å². The molecular weight excluding hydrogens is 198 g/mol. The van der Waals surface area contributed by atoms with E-state index in [1.165, 1.54) is 0 Å². The van der Waals surface area contributed by atoms with Gasteiger partial charge in [-0.05, 0) is 30.2 Å². The van der Waals surface area contributed by atoms with Gasteiger partial charge in [0.25, 0.3) is 0 Å². The van der Waals surface area contributed by atoms with E-state index < -0.39 is 0 Å². The summed E-state index contributed by atoms with van der Waals surface area (Å²) in [5.74, 6) is 0. The highest BCUT2D eigenvalue weighted by Crippen LogP contribution is 2.34. The molecule has 0 aliphatic carbocycles. The van der Waals surface area contributed by atoms with Crippen molar-refractivity contribution in [1.82, 2.24) is 4.42 Å². The molecule has 2 nitrogen and oxygen atoms in total. The number of nitrogens with zero attached hydrogens (tertiary/aromatic N) is 1. The van der Waals surface area contributed by atoms with Gasteiger partial charge in [0.1, 0.15) is 6.29 Å². The van der Waals surface area contributed by atoms with Crippen molar-refractivity contribution in [2.75, 3.05) is 6.54 Å². The highest BCUT2D eigenvalue weighted by atomic mass is 35.5. The fourth-order valence-corrected chi connectivity index (χ4v) is 2.28. The van der Waals surface area contributed by atoms with E-state index in [1.54, 1.807) is 4.42 Å². The first kappa shape index (κ1) is 9.69. The van der Waals surface area contributed by atoms with Gasteiger partial charge in [0.2, 0.25) is 0 Å². The third-order valence-electron chi connectivity index (χ3n) is 2.67. The first-order valence-electron chi connectivity index (χ1n) is 4.79. The SMILES string of the molecule is O=Cc1ccccc1C1CCCN1Cl. The van der Waals surface area contributed by atoms with Gasteiger partial charge in [-0.3, -0.25) is 4.79 Å². The van der Waals surface area contributed by atoms with Gasteiger partial charge in [0.05, 0.1) is 6.04 Å². The van der Waals surface area contributed by atoms with E-state index >= 15 is 0 Å². The van der Waals surface area contributed by atoms with Crippen molar-refractivity contribution in [3.8, 4) is 0 Å². The number of hydrogen-bond acceptors (Lipinski definition) is 2. The van der Waals surface area contributed by atoms with Gasteiger partial charge in [-0.2, -0.15) is 0 Å². The van der Waals surface area contributed by atoms with Crippen LogP contribution in [0.3, 0.4) is 0 Å². The molecule has 1 saturated heterocycles. The molecule has 1 aliphatic rings. The van der Waals surface area contributed by atoms with E-state index in [0.717, 1.165) is 36.8 Å². The standard InChI is InChI=1S/C11H12ClNO/c12-13-7-3-6-11(13)10-5-2-1-4-9(10)8-14/h1-2,4-5,8,11H,3,6-7H2. The van der Waals surface area contributed by atoms with E-state index in [4.69, 9.17) is 11.8 Å². The van der Waals surface area contributed by atoms with E-state index in [0.29, 0.717) is 0 Å². The zero-order valence-electron chi connectivity index (χ0n) is 7.82. The Morgan fingerprint density at radius 3 is 2.86 bits per heavy atom. The number of aldehydes is 1. The molecule has 0 saturated carbocycles. The van der Waals surface area contributed by atoms with Crippen LogP contribution in [0, 0.1) is 0 Å². The Balaban J connectivity index is 2.34. The molecule has 0 N–H and O–H groups in total. The first-order chi connectivity index (χ1) is 6.83. The fourth-order valence-electron chi connectivity index (χ4n) is 1.96. The summed E-state index contributed by atoms with van der Waals surface area (Å²) in [6.07, 6.45) is 3.04. The molecule has 1 unspecified atom stereocenters. The third-order valence-corrected chi connectivity index (χ3v) is 3.07. The lowest BCUT2D eigenvalue weighted by Gasteiger charge is -2.18. The molecule has 14 heavy (non-hydrogen) atoms. The van der Waals surface area contributed by atoms with Crippen molar-refractivity contribution < 1.29 is 4.79 Å². The average Bonchev–Trinajstić information content (AvgIpc) is 2.64. The summed E-state index contributed by atoms with van der Waals surface area (Å²) >= 11 is 6.06. The Morgan fingerprint density at radius 2 is 2.21 bits per heavy atom. The molecule has 0 spiro atoms. The third kappa shape index (κ3) is 1.68. The van der Waals surface area contributed by atoms with Gasteiger partial charge in [-0.15, -0.1) is 0 Å². The van der Waals surface area contributed by atoms with Crippen LogP contribution in [0.1, 0.15) is 34.8 Å². The highest BCUT2D eigenvalue weighted by molar-refractivity contribution is 6.13. The number of carbonyl (C=O) groups excluding carboxylic acids is 1. The maximum Gasteiger partial charge on any atom is 0.150 e. The van der Waals surface area contributed by atoms with Crippen LogP contribution in [-0.2, 0) is 0 Å². The van der Waals surface area contributed by atoms with Crippen LogP contribution in [0.25, 0.3) is 0 Å². The van der Waals surface area contributed by atoms with Crippen molar-refractivity contribution in [2.24, 2.45) is 0 Å². The topological polar surface area (TPSA) is 20.3 Å². The second kappa shape index (κ2) is 4.11. The minimum absolute atomic E-state index is 0.207. The van der Waals surface area contributed by atoms with Crippen molar-refractivity contribution in [3.63, 3.8) is 0 Å². The zero-order valence-corrected chi connectivity index (χ0v) is 8.57. The second-order valence-corrected chi connectivity index (χ2v) is 3.96. The molecule has 2 rings (SSSR count). The highest BCUT2D eigenvalue weighted by Gasteiger charge is 2.25. The minimum Gasteiger partial charge on any atom is -0.298 e. The van der Waals surface area contributed by atoms with Crippen molar-refractivity contribution >= 4 is 18.1 Å². The minimum atomic E-state index is 0.207. The summed E-state index contributed by atoms with van der Waals surface area (Å²) in [6, 6.07) is 7.85. The summed E-state index contributed by atoms with van der Waals surface area (Å²) < 4.78 is 1.79. The van der Waals surface area contributed by atoms with E-state index in [9.17, 15) is 4.79 Å². The number of hydrogen-bond donors (Lipinski definition) is 0. The van der Waals surface area contributed by atoms with Gasteiger partial charge in [-0.25, -0.2) is 4.42 Å². The molecule has 1 aliphatic heterocycles. The predicted molar refractivity (Wildman–Crippen MR) is 56.4 cm³/mol. The molecule has 3 heteroatoms. The van der Waals surface area contributed by atoms with Crippen molar-refractivity contribution in [1.29, 1.82) is 0 Å². The van der Waals surface area contributed by atoms with Crippen LogP contribution in [0.4, 0.5) is 0 Å². The van der Waals surface area contributed by atoms with Crippen LogP contribution >= 0.6 is 11.8 Å². The van der Waals surface area contributed by atoms with Crippen LogP contribution in [0.2, 0.25) is 0 Å². The summed E-state index contributed by atoms with van der Waals surface area (Å²) in [7, 11) is 0. The van der Waals surface area contributed by atoms with Gasteiger partial charge in [0.15, 0.2) is 0 Å². The monoisotopic (exact) mass is 209 g/mol. The predicted octanol–water partition coefficient (Wildman–Crippen LogP) is 2.79. The van der Waals surface area contributed by atoms with Gasteiger partial charge in [-0.1, -0.05) is 24.3 Å². The molecular formula is C11H12ClNO. The van der Waals surface area contributed by atoms with E-state index in [2.05, 4.69) is 0 Å². The molecule has 1 fully saturated rings. The van der Waals surface area contributed by atoms with Crippen molar-refractivity contribution in [2.45, 2.75) is 18.9 Å². The average molecular weight is 210 g/mol. The maximum absolute atomic E-state index is 10.8. The lowest BCUT2D eigenvalue weighted by molar-refractivity contribution is 0.112. The second-order valence-electron chi connectivity index (χ2n) is 3.53. The zero-order chi connectivity index (χ0) is 9.97. The van der Waals surface area contributed by atoms with Gasteiger partial charge < -0.3 is 0 Å².